The highest BCUT2D eigenvalue weighted by atomic mass is 32.1. The highest BCUT2D eigenvalue weighted by Crippen LogP contribution is 2.26. The Morgan fingerprint density at radius 1 is 1.12 bits per heavy atom. The number of carbonyl (C=O) groups excluding carboxylic acids is 2. The number of thiophene rings is 1. The summed E-state index contributed by atoms with van der Waals surface area (Å²) >= 11 is 1.58. The highest BCUT2D eigenvalue weighted by Gasteiger charge is 2.13. The van der Waals surface area contributed by atoms with Crippen molar-refractivity contribution in [1.82, 2.24) is 5.32 Å². The van der Waals surface area contributed by atoms with Gasteiger partial charge < -0.3 is 10.1 Å². The van der Waals surface area contributed by atoms with Gasteiger partial charge in [0.25, 0.3) is 5.91 Å². The van der Waals surface area contributed by atoms with Gasteiger partial charge in [-0.05, 0) is 29.0 Å². The van der Waals surface area contributed by atoms with Gasteiger partial charge in [-0.1, -0.05) is 18.2 Å². The first-order valence-electron chi connectivity index (χ1n) is 7.88. The SMILES string of the molecule is O=C(CCNC(=O)c1ccc(F)cc1F)OCc1csc2ccccc12. The third-order valence-corrected chi connectivity index (χ3v) is 4.75. The molecule has 4 nitrogen and oxygen atoms in total. The number of halogens is 2. The lowest BCUT2D eigenvalue weighted by Gasteiger charge is -2.07. The smallest absolute Gasteiger partial charge is 0.307 e. The first-order chi connectivity index (χ1) is 12.5. The van der Waals surface area contributed by atoms with E-state index in [1.54, 1.807) is 11.3 Å². The second-order valence-electron chi connectivity index (χ2n) is 5.55. The van der Waals surface area contributed by atoms with E-state index < -0.39 is 23.5 Å². The van der Waals surface area contributed by atoms with Gasteiger partial charge in [0, 0.05) is 22.9 Å². The average Bonchev–Trinajstić information content (AvgIpc) is 3.03. The van der Waals surface area contributed by atoms with E-state index in [-0.39, 0.29) is 25.1 Å². The Morgan fingerprint density at radius 2 is 1.92 bits per heavy atom. The quantitative estimate of drug-likeness (QED) is 0.662. The second-order valence-corrected chi connectivity index (χ2v) is 6.46. The summed E-state index contributed by atoms with van der Waals surface area (Å²) in [5.41, 5.74) is 0.654. The molecule has 0 aliphatic carbocycles. The summed E-state index contributed by atoms with van der Waals surface area (Å²) in [6, 6.07) is 10.5. The summed E-state index contributed by atoms with van der Waals surface area (Å²) in [6.45, 7) is 0.155. The zero-order valence-corrected chi connectivity index (χ0v) is 14.4. The van der Waals surface area contributed by atoms with E-state index in [0.29, 0.717) is 6.07 Å². The minimum atomic E-state index is -0.950. The molecule has 0 unspecified atom stereocenters. The van der Waals surface area contributed by atoms with Gasteiger partial charge in [-0.3, -0.25) is 9.59 Å². The van der Waals surface area contributed by atoms with E-state index in [1.165, 1.54) is 0 Å². The molecule has 7 heteroatoms. The van der Waals surface area contributed by atoms with Crippen molar-refractivity contribution in [2.45, 2.75) is 13.0 Å². The third-order valence-electron chi connectivity index (χ3n) is 3.74. The Balaban J connectivity index is 1.46. The molecule has 0 radical (unpaired) electrons. The van der Waals surface area contributed by atoms with Crippen molar-refractivity contribution >= 4 is 33.3 Å². The molecule has 1 aromatic heterocycles. The number of rotatable bonds is 6. The number of hydrogen-bond acceptors (Lipinski definition) is 4. The topological polar surface area (TPSA) is 55.4 Å². The van der Waals surface area contributed by atoms with Crippen molar-refractivity contribution in [3.8, 4) is 0 Å². The fraction of sp³-hybridized carbons (Fsp3) is 0.158. The summed E-state index contributed by atoms with van der Waals surface area (Å²) in [4.78, 5) is 23.6. The van der Waals surface area contributed by atoms with Crippen LogP contribution in [0.15, 0.2) is 47.8 Å². The predicted molar refractivity (Wildman–Crippen MR) is 94.9 cm³/mol. The largest absolute Gasteiger partial charge is 0.461 e. The number of benzene rings is 2. The Labute approximate surface area is 152 Å². The van der Waals surface area contributed by atoms with Crippen LogP contribution in [0.1, 0.15) is 22.3 Å². The van der Waals surface area contributed by atoms with E-state index in [0.717, 1.165) is 27.8 Å². The maximum Gasteiger partial charge on any atom is 0.307 e. The first kappa shape index (κ1) is 18.0. The standard InChI is InChI=1S/C19H15F2NO3S/c20-13-5-6-15(16(21)9-13)19(24)22-8-7-18(23)25-10-12-11-26-17-4-2-1-3-14(12)17/h1-6,9,11H,7-8,10H2,(H,22,24). The number of amides is 1. The Morgan fingerprint density at radius 3 is 2.73 bits per heavy atom. The molecule has 0 saturated carbocycles. The molecular weight excluding hydrogens is 360 g/mol. The van der Waals surface area contributed by atoms with Crippen molar-refractivity contribution in [1.29, 1.82) is 0 Å². The number of nitrogens with one attached hydrogen (secondary N) is 1. The zero-order chi connectivity index (χ0) is 18.5. The van der Waals surface area contributed by atoms with Gasteiger partial charge in [0.05, 0.1) is 12.0 Å². The van der Waals surface area contributed by atoms with Crippen molar-refractivity contribution < 1.29 is 23.1 Å². The van der Waals surface area contributed by atoms with Gasteiger partial charge in [0.1, 0.15) is 18.2 Å². The van der Waals surface area contributed by atoms with E-state index in [2.05, 4.69) is 5.32 Å². The number of esters is 1. The molecule has 0 aliphatic rings. The molecule has 134 valence electrons. The Bertz CT molecular complexity index is 955. The Hall–Kier alpha value is -2.80. The van der Waals surface area contributed by atoms with Crippen molar-refractivity contribution in [3.63, 3.8) is 0 Å². The molecule has 3 aromatic rings. The number of hydrogen-bond donors (Lipinski definition) is 1. The molecule has 2 aromatic carbocycles. The van der Waals surface area contributed by atoms with Gasteiger partial charge in [-0.2, -0.15) is 0 Å². The average molecular weight is 375 g/mol. The molecule has 0 fully saturated rings. The Kier molecular flexibility index (Phi) is 5.58. The normalized spacial score (nSPS) is 10.7. The molecule has 0 atom stereocenters. The summed E-state index contributed by atoms with van der Waals surface area (Å²) in [5.74, 6) is -2.89. The van der Waals surface area contributed by atoms with Crippen LogP contribution in [-0.4, -0.2) is 18.4 Å². The van der Waals surface area contributed by atoms with E-state index in [1.807, 2.05) is 29.6 Å². The first-order valence-corrected chi connectivity index (χ1v) is 8.76. The van der Waals surface area contributed by atoms with Gasteiger partial charge in [0.2, 0.25) is 0 Å². The molecule has 1 amide bonds. The van der Waals surface area contributed by atoms with Crippen LogP contribution in [0, 0.1) is 11.6 Å². The fourth-order valence-electron chi connectivity index (χ4n) is 2.42. The van der Waals surface area contributed by atoms with Crippen LogP contribution in [0.2, 0.25) is 0 Å². The summed E-state index contributed by atoms with van der Waals surface area (Å²) in [5, 5.41) is 5.40. The van der Waals surface area contributed by atoms with Crippen LogP contribution in [0.3, 0.4) is 0 Å². The van der Waals surface area contributed by atoms with Crippen LogP contribution in [0.4, 0.5) is 8.78 Å². The van der Waals surface area contributed by atoms with Crippen LogP contribution < -0.4 is 5.32 Å². The summed E-state index contributed by atoms with van der Waals surface area (Å²) in [7, 11) is 0. The number of fused-ring (bicyclic) bond motifs is 1. The molecule has 1 heterocycles. The lowest BCUT2D eigenvalue weighted by Crippen LogP contribution is -2.27. The minimum absolute atomic E-state index is 0.00112. The predicted octanol–water partition coefficient (Wildman–Crippen LogP) is 4.04. The monoisotopic (exact) mass is 375 g/mol. The van der Waals surface area contributed by atoms with E-state index in [9.17, 15) is 18.4 Å². The fourth-order valence-corrected chi connectivity index (χ4v) is 3.37. The van der Waals surface area contributed by atoms with Crippen molar-refractivity contribution in [2.75, 3.05) is 6.54 Å². The summed E-state index contributed by atoms with van der Waals surface area (Å²) in [6.07, 6.45) is -0.0450. The van der Waals surface area contributed by atoms with Crippen LogP contribution in [0.5, 0.6) is 0 Å². The van der Waals surface area contributed by atoms with Gasteiger partial charge >= 0.3 is 5.97 Å². The highest BCUT2D eigenvalue weighted by molar-refractivity contribution is 7.17. The summed E-state index contributed by atoms with van der Waals surface area (Å²) < 4.78 is 32.7. The van der Waals surface area contributed by atoms with Crippen LogP contribution in [-0.2, 0) is 16.1 Å². The maximum atomic E-state index is 13.5. The lowest BCUT2D eigenvalue weighted by molar-refractivity contribution is -0.144. The van der Waals surface area contributed by atoms with Crippen LogP contribution in [0.25, 0.3) is 10.1 Å². The molecule has 1 N–H and O–H groups in total. The second kappa shape index (κ2) is 8.05. The molecule has 3 rings (SSSR count). The van der Waals surface area contributed by atoms with E-state index in [4.69, 9.17) is 4.74 Å². The van der Waals surface area contributed by atoms with Crippen molar-refractivity contribution in [2.24, 2.45) is 0 Å². The zero-order valence-electron chi connectivity index (χ0n) is 13.6. The third kappa shape index (κ3) is 4.23. The maximum absolute atomic E-state index is 13.5. The lowest BCUT2D eigenvalue weighted by atomic mass is 10.2. The molecule has 0 aliphatic heterocycles. The molecule has 26 heavy (non-hydrogen) atoms. The molecular formula is C19H15F2NO3S. The number of carbonyl (C=O) groups is 2. The molecule has 0 bridgehead atoms. The minimum Gasteiger partial charge on any atom is -0.461 e. The van der Waals surface area contributed by atoms with E-state index >= 15 is 0 Å². The van der Waals surface area contributed by atoms with Gasteiger partial charge in [-0.25, -0.2) is 8.78 Å². The molecule has 0 saturated heterocycles. The van der Waals surface area contributed by atoms with Crippen molar-refractivity contribution in [3.05, 3.63) is 70.6 Å². The van der Waals surface area contributed by atoms with Gasteiger partial charge in [0.15, 0.2) is 0 Å². The van der Waals surface area contributed by atoms with Crippen LogP contribution >= 0.6 is 11.3 Å². The number of ether oxygens (including phenoxy) is 1. The van der Waals surface area contributed by atoms with Gasteiger partial charge in [-0.15, -0.1) is 11.3 Å². The molecule has 0 spiro atoms.